The Morgan fingerprint density at radius 3 is 2.16 bits per heavy atom. The Labute approximate surface area is 160 Å². The van der Waals surface area contributed by atoms with E-state index in [0.29, 0.717) is 44.2 Å². The van der Waals surface area contributed by atoms with Gasteiger partial charge in [0.25, 0.3) is 0 Å². The molecular weight excluding hydrogens is 381 g/mol. The number of phenols is 1. The second-order valence-electron chi connectivity index (χ2n) is 5.51. The first-order chi connectivity index (χ1) is 11.9. The molecule has 0 amide bonds. The van der Waals surface area contributed by atoms with Crippen LogP contribution in [0.1, 0.15) is 11.1 Å². The summed E-state index contributed by atoms with van der Waals surface area (Å²) in [5.74, 6) is 1.01. The average molecular weight is 395 g/mol. The highest BCUT2D eigenvalue weighted by atomic mass is 35.5. The van der Waals surface area contributed by atoms with Crippen LogP contribution in [-0.4, -0.2) is 5.11 Å². The normalized spacial score (nSPS) is 10.7. The predicted octanol–water partition coefficient (Wildman–Crippen LogP) is 6.32. The molecule has 128 valence electrons. The lowest BCUT2D eigenvalue weighted by atomic mass is 10.0. The summed E-state index contributed by atoms with van der Waals surface area (Å²) >= 11 is 18.2. The number of anilines is 1. The Hall–Kier alpha value is -2.07. The molecular formula is C19H14Cl3NO2. The fourth-order valence-corrected chi connectivity index (χ4v) is 3.09. The van der Waals surface area contributed by atoms with Crippen molar-refractivity contribution >= 4 is 40.5 Å². The molecule has 3 aromatic carbocycles. The number of rotatable bonds is 4. The van der Waals surface area contributed by atoms with E-state index in [1.54, 1.807) is 30.3 Å². The van der Waals surface area contributed by atoms with Crippen molar-refractivity contribution in [2.75, 3.05) is 5.73 Å². The molecule has 0 unspecified atom stereocenters. The van der Waals surface area contributed by atoms with Gasteiger partial charge in [0.15, 0.2) is 5.75 Å². The van der Waals surface area contributed by atoms with Gasteiger partial charge in [-0.3, -0.25) is 0 Å². The zero-order valence-electron chi connectivity index (χ0n) is 13.0. The van der Waals surface area contributed by atoms with Crippen LogP contribution in [0.25, 0.3) is 0 Å². The molecule has 0 fully saturated rings. The Morgan fingerprint density at radius 2 is 1.52 bits per heavy atom. The zero-order valence-corrected chi connectivity index (χ0v) is 15.2. The average Bonchev–Trinajstić information content (AvgIpc) is 2.56. The third kappa shape index (κ3) is 4.31. The number of hydrogen-bond acceptors (Lipinski definition) is 3. The minimum Gasteiger partial charge on any atom is -0.508 e. The third-order valence-corrected chi connectivity index (χ3v) is 4.41. The van der Waals surface area contributed by atoms with Gasteiger partial charge in [-0.15, -0.1) is 0 Å². The van der Waals surface area contributed by atoms with Gasteiger partial charge in [0.1, 0.15) is 11.5 Å². The smallest absolute Gasteiger partial charge is 0.164 e. The van der Waals surface area contributed by atoms with E-state index in [1.165, 1.54) is 0 Å². The predicted molar refractivity (Wildman–Crippen MR) is 103 cm³/mol. The fourth-order valence-electron chi connectivity index (χ4n) is 2.38. The van der Waals surface area contributed by atoms with Crippen molar-refractivity contribution < 1.29 is 9.84 Å². The second-order valence-corrected chi connectivity index (χ2v) is 6.76. The lowest BCUT2D eigenvalue weighted by molar-refractivity contribution is 0.459. The van der Waals surface area contributed by atoms with Gasteiger partial charge in [-0.05, 0) is 48.0 Å². The van der Waals surface area contributed by atoms with Crippen molar-refractivity contribution in [1.29, 1.82) is 0 Å². The quantitative estimate of drug-likeness (QED) is 0.509. The summed E-state index contributed by atoms with van der Waals surface area (Å²) in [4.78, 5) is 0. The highest BCUT2D eigenvalue weighted by Crippen LogP contribution is 2.39. The summed E-state index contributed by atoms with van der Waals surface area (Å²) in [5.41, 5.74) is 7.88. The van der Waals surface area contributed by atoms with Crippen molar-refractivity contribution in [3.05, 3.63) is 80.8 Å². The maximum Gasteiger partial charge on any atom is 0.164 e. The standard InChI is InChI=1S/C19H14Cl3NO2/c20-13-3-1-11(2-4-13)7-12-8-15(5-6-18(12)24)25-19-16(21)9-14(23)10-17(19)22/h1-6,8-10,24H,7,23H2. The summed E-state index contributed by atoms with van der Waals surface area (Å²) in [6, 6.07) is 15.5. The van der Waals surface area contributed by atoms with Crippen LogP contribution in [0.3, 0.4) is 0 Å². The summed E-state index contributed by atoms with van der Waals surface area (Å²) in [6.07, 6.45) is 0.531. The fraction of sp³-hybridized carbons (Fsp3) is 0.0526. The first-order valence-electron chi connectivity index (χ1n) is 7.41. The van der Waals surface area contributed by atoms with E-state index in [1.807, 2.05) is 24.3 Å². The molecule has 3 nitrogen and oxygen atoms in total. The number of nitrogens with two attached hydrogens (primary N) is 1. The molecule has 0 aromatic heterocycles. The van der Waals surface area contributed by atoms with Crippen molar-refractivity contribution in [1.82, 2.24) is 0 Å². The number of ether oxygens (including phenoxy) is 1. The van der Waals surface area contributed by atoms with Crippen LogP contribution in [0.5, 0.6) is 17.2 Å². The third-order valence-electron chi connectivity index (χ3n) is 3.60. The molecule has 0 aliphatic heterocycles. The van der Waals surface area contributed by atoms with Gasteiger partial charge >= 0.3 is 0 Å². The number of halogens is 3. The van der Waals surface area contributed by atoms with Gasteiger partial charge in [0, 0.05) is 22.7 Å². The van der Waals surface area contributed by atoms with Crippen molar-refractivity contribution in [2.24, 2.45) is 0 Å². The minimum atomic E-state index is 0.178. The second kappa shape index (κ2) is 7.44. The van der Waals surface area contributed by atoms with Gasteiger partial charge in [-0.1, -0.05) is 46.9 Å². The molecule has 6 heteroatoms. The molecule has 0 spiro atoms. The van der Waals surface area contributed by atoms with E-state index in [2.05, 4.69) is 0 Å². The molecule has 0 atom stereocenters. The highest BCUT2D eigenvalue weighted by molar-refractivity contribution is 6.37. The van der Waals surface area contributed by atoms with Crippen LogP contribution in [0.15, 0.2) is 54.6 Å². The van der Waals surface area contributed by atoms with Crippen molar-refractivity contribution in [3.63, 3.8) is 0 Å². The summed E-state index contributed by atoms with van der Waals surface area (Å²) in [5, 5.41) is 11.4. The summed E-state index contributed by atoms with van der Waals surface area (Å²) in [7, 11) is 0. The van der Waals surface area contributed by atoms with Crippen LogP contribution in [0, 0.1) is 0 Å². The van der Waals surface area contributed by atoms with E-state index in [9.17, 15) is 5.11 Å². The van der Waals surface area contributed by atoms with Gasteiger partial charge < -0.3 is 15.6 Å². The molecule has 3 N–H and O–H groups in total. The van der Waals surface area contributed by atoms with Gasteiger partial charge in [0.2, 0.25) is 0 Å². The Bertz CT molecular complexity index is 888. The molecule has 0 aliphatic carbocycles. The van der Waals surface area contributed by atoms with Gasteiger partial charge in [-0.2, -0.15) is 0 Å². The molecule has 0 heterocycles. The SMILES string of the molecule is Nc1cc(Cl)c(Oc2ccc(O)c(Cc3ccc(Cl)cc3)c2)c(Cl)c1. The molecule has 0 aliphatic rings. The van der Waals surface area contributed by atoms with Crippen LogP contribution < -0.4 is 10.5 Å². The number of aromatic hydroxyl groups is 1. The largest absolute Gasteiger partial charge is 0.508 e. The molecule has 25 heavy (non-hydrogen) atoms. The zero-order chi connectivity index (χ0) is 18.0. The summed E-state index contributed by atoms with van der Waals surface area (Å²) in [6.45, 7) is 0. The van der Waals surface area contributed by atoms with E-state index in [0.717, 1.165) is 5.56 Å². The molecule has 3 aromatic rings. The van der Waals surface area contributed by atoms with E-state index in [4.69, 9.17) is 45.3 Å². The first-order valence-corrected chi connectivity index (χ1v) is 8.54. The highest BCUT2D eigenvalue weighted by Gasteiger charge is 2.12. The maximum atomic E-state index is 10.1. The Balaban J connectivity index is 1.88. The minimum absolute atomic E-state index is 0.178. The Morgan fingerprint density at radius 1 is 0.880 bits per heavy atom. The van der Waals surface area contributed by atoms with Crippen LogP contribution in [0.2, 0.25) is 15.1 Å². The number of phenolic OH excluding ortho intramolecular Hbond substituents is 1. The van der Waals surface area contributed by atoms with E-state index in [-0.39, 0.29) is 5.75 Å². The first kappa shape index (κ1) is 17.7. The van der Waals surface area contributed by atoms with Crippen molar-refractivity contribution in [3.8, 4) is 17.2 Å². The van der Waals surface area contributed by atoms with E-state index >= 15 is 0 Å². The monoisotopic (exact) mass is 393 g/mol. The molecule has 0 bridgehead atoms. The molecule has 3 rings (SSSR count). The molecule has 0 radical (unpaired) electrons. The number of hydrogen-bond donors (Lipinski definition) is 2. The summed E-state index contributed by atoms with van der Waals surface area (Å²) < 4.78 is 5.80. The van der Waals surface area contributed by atoms with Gasteiger partial charge in [-0.25, -0.2) is 0 Å². The number of nitrogen functional groups attached to an aromatic ring is 1. The van der Waals surface area contributed by atoms with Crippen LogP contribution in [0.4, 0.5) is 5.69 Å². The van der Waals surface area contributed by atoms with Crippen molar-refractivity contribution in [2.45, 2.75) is 6.42 Å². The molecule has 0 saturated carbocycles. The molecule has 0 saturated heterocycles. The number of benzene rings is 3. The lowest BCUT2D eigenvalue weighted by Gasteiger charge is -2.12. The van der Waals surface area contributed by atoms with Crippen LogP contribution >= 0.6 is 34.8 Å². The van der Waals surface area contributed by atoms with E-state index < -0.39 is 0 Å². The van der Waals surface area contributed by atoms with Gasteiger partial charge in [0.05, 0.1) is 10.0 Å². The topological polar surface area (TPSA) is 55.5 Å². The maximum absolute atomic E-state index is 10.1. The van der Waals surface area contributed by atoms with Crippen LogP contribution in [-0.2, 0) is 6.42 Å². The Kier molecular flexibility index (Phi) is 5.28. The lowest BCUT2D eigenvalue weighted by Crippen LogP contribution is -1.93.